The third-order valence-corrected chi connectivity index (χ3v) is 7.02. The van der Waals surface area contributed by atoms with E-state index in [-0.39, 0.29) is 34.3 Å². The zero-order valence-electron chi connectivity index (χ0n) is 21.7. The number of nitrogens with one attached hydrogen (secondary N) is 1. The first-order valence-electron chi connectivity index (χ1n) is 12.6. The molecule has 0 aliphatic heterocycles. The molecule has 210 valence electrons. The number of ether oxygens (including phenoxy) is 1. The molecule has 4 aromatic rings. The van der Waals surface area contributed by atoms with Gasteiger partial charge >= 0.3 is 6.18 Å². The lowest BCUT2D eigenvalue weighted by Crippen LogP contribution is -2.16. The summed E-state index contributed by atoms with van der Waals surface area (Å²) in [7, 11) is 1.32. The van der Waals surface area contributed by atoms with Crippen molar-refractivity contribution in [3.05, 3.63) is 76.4 Å². The van der Waals surface area contributed by atoms with Gasteiger partial charge in [-0.05, 0) is 66.6 Å². The Balaban J connectivity index is 1.65. The molecule has 0 bridgehead atoms. The highest BCUT2D eigenvalue weighted by atomic mass is 19.4. The molecule has 2 aromatic heterocycles. The molecule has 0 saturated heterocycles. The first-order valence-corrected chi connectivity index (χ1v) is 12.6. The number of hydrogen-bond acceptors (Lipinski definition) is 6. The van der Waals surface area contributed by atoms with Crippen LogP contribution in [-0.2, 0) is 0 Å². The van der Waals surface area contributed by atoms with Gasteiger partial charge in [0.15, 0.2) is 17.2 Å². The summed E-state index contributed by atoms with van der Waals surface area (Å²) >= 11 is 0. The van der Waals surface area contributed by atoms with Crippen molar-refractivity contribution >= 4 is 17.2 Å². The second kappa shape index (κ2) is 10.4. The average molecular weight is 558 g/mol. The Morgan fingerprint density at radius 3 is 2.62 bits per heavy atom. The van der Waals surface area contributed by atoms with Crippen LogP contribution in [0.1, 0.15) is 64.0 Å². The number of aromatic nitrogens is 3. The maximum atomic E-state index is 14.4. The largest absolute Gasteiger partial charge is 0.494 e. The molecule has 1 saturated carbocycles. The molecule has 5 rings (SSSR count). The first kappa shape index (κ1) is 27.4. The zero-order chi connectivity index (χ0) is 28.8. The highest BCUT2D eigenvalue weighted by Crippen LogP contribution is 2.47. The molecule has 1 aliphatic carbocycles. The van der Waals surface area contributed by atoms with Crippen molar-refractivity contribution < 1.29 is 32.2 Å². The number of anilines is 1. The summed E-state index contributed by atoms with van der Waals surface area (Å²) in [4.78, 5) is 16.4. The number of hydrogen-bond donors (Lipinski definition) is 3. The molecule has 8 nitrogen and oxygen atoms in total. The number of carbonyl (C=O) groups is 1. The van der Waals surface area contributed by atoms with Gasteiger partial charge in [0.05, 0.1) is 36.8 Å². The monoisotopic (exact) mass is 557 g/mol. The number of halogens is 4. The van der Waals surface area contributed by atoms with Gasteiger partial charge in [0.1, 0.15) is 6.10 Å². The van der Waals surface area contributed by atoms with Gasteiger partial charge in [-0.2, -0.15) is 18.3 Å². The van der Waals surface area contributed by atoms with Crippen LogP contribution in [0, 0.1) is 12.7 Å². The maximum absolute atomic E-state index is 14.4. The van der Waals surface area contributed by atoms with Crippen molar-refractivity contribution in [1.82, 2.24) is 14.6 Å². The number of amides is 1. The van der Waals surface area contributed by atoms with E-state index in [1.807, 2.05) is 6.92 Å². The minimum Gasteiger partial charge on any atom is -0.494 e. The zero-order valence-corrected chi connectivity index (χ0v) is 21.7. The Morgan fingerprint density at radius 1 is 1.25 bits per heavy atom. The molecule has 1 aliphatic rings. The highest BCUT2D eigenvalue weighted by Gasteiger charge is 2.31. The third-order valence-electron chi connectivity index (χ3n) is 7.02. The summed E-state index contributed by atoms with van der Waals surface area (Å²) in [5.41, 5.74) is 9.61. The van der Waals surface area contributed by atoms with E-state index in [9.17, 15) is 27.5 Å². The Morgan fingerprint density at radius 2 is 2.00 bits per heavy atom. The number of alkyl halides is 3. The van der Waals surface area contributed by atoms with Gasteiger partial charge < -0.3 is 20.9 Å². The van der Waals surface area contributed by atoms with Crippen molar-refractivity contribution in [3.8, 4) is 17.0 Å². The van der Waals surface area contributed by atoms with Crippen molar-refractivity contribution in [2.45, 2.75) is 44.4 Å². The molecule has 2 heterocycles. The molecular weight excluding hydrogens is 530 g/mol. The number of imidazole rings is 1. The van der Waals surface area contributed by atoms with Crippen LogP contribution in [0.4, 0.5) is 23.2 Å². The number of rotatable bonds is 9. The summed E-state index contributed by atoms with van der Waals surface area (Å²) in [6, 6.07) is 8.73. The first-order chi connectivity index (χ1) is 19.0. The smallest absolute Gasteiger partial charge is 0.390 e. The van der Waals surface area contributed by atoms with E-state index in [0.29, 0.717) is 11.3 Å². The minimum atomic E-state index is -4.38. The van der Waals surface area contributed by atoms with E-state index in [1.165, 1.54) is 29.8 Å². The van der Waals surface area contributed by atoms with Gasteiger partial charge in [0.2, 0.25) is 5.91 Å². The van der Waals surface area contributed by atoms with Crippen LogP contribution in [0.5, 0.6) is 5.75 Å². The van der Waals surface area contributed by atoms with Gasteiger partial charge in [-0.1, -0.05) is 12.1 Å². The standard InChI is InChI=1S/C28H27F4N5O3/c1-14-17(26(33)39)6-7-18(24(14)15-3-4-15)22-13-35-27-21(34-10-9-28(30,31)32)12-20(36-37(22)27)25(38)16-5-8-23(40-2)19(29)11-16/h5-8,11-13,15,25,34,38H,3-4,9-10H2,1-2H3,(H2,33,39). The van der Waals surface area contributed by atoms with Crippen molar-refractivity contribution in [1.29, 1.82) is 0 Å². The van der Waals surface area contributed by atoms with Crippen LogP contribution in [0.15, 0.2) is 42.6 Å². The number of fused-ring (bicyclic) bond motifs is 1. The van der Waals surface area contributed by atoms with Gasteiger partial charge in [-0.15, -0.1) is 0 Å². The fourth-order valence-electron chi connectivity index (χ4n) is 4.91. The van der Waals surface area contributed by atoms with E-state index in [2.05, 4.69) is 15.4 Å². The number of methoxy groups -OCH3 is 1. The molecule has 40 heavy (non-hydrogen) atoms. The highest BCUT2D eigenvalue weighted by molar-refractivity contribution is 5.95. The van der Waals surface area contributed by atoms with Crippen LogP contribution < -0.4 is 15.8 Å². The van der Waals surface area contributed by atoms with Crippen molar-refractivity contribution in [3.63, 3.8) is 0 Å². The molecule has 0 spiro atoms. The second-order valence-corrected chi connectivity index (χ2v) is 9.79. The normalized spacial score (nSPS) is 14.4. The Kier molecular flexibility index (Phi) is 7.13. The summed E-state index contributed by atoms with van der Waals surface area (Å²) in [5.74, 6) is -1.03. The number of nitrogens with two attached hydrogens (primary N) is 1. The summed E-state index contributed by atoms with van der Waals surface area (Å²) < 4.78 is 59.5. The lowest BCUT2D eigenvalue weighted by molar-refractivity contribution is -0.131. The molecule has 1 atom stereocenters. The van der Waals surface area contributed by atoms with Crippen LogP contribution in [0.25, 0.3) is 16.9 Å². The number of primary amides is 1. The van der Waals surface area contributed by atoms with Crippen molar-refractivity contribution in [2.24, 2.45) is 5.73 Å². The second-order valence-electron chi connectivity index (χ2n) is 9.79. The molecule has 1 fully saturated rings. The van der Waals surface area contributed by atoms with E-state index < -0.39 is 37.0 Å². The quantitative estimate of drug-likeness (QED) is 0.242. The van der Waals surface area contributed by atoms with Gasteiger partial charge in [0, 0.05) is 17.7 Å². The lowest BCUT2D eigenvalue weighted by atomic mass is 9.92. The molecule has 2 aromatic carbocycles. The number of aliphatic hydroxyl groups excluding tert-OH is 1. The van der Waals surface area contributed by atoms with E-state index in [0.717, 1.165) is 35.6 Å². The van der Waals surface area contributed by atoms with E-state index in [1.54, 1.807) is 18.3 Å². The summed E-state index contributed by atoms with van der Waals surface area (Å²) in [5, 5.41) is 18.5. The SMILES string of the molecule is COc1ccc(C(O)c2cc(NCCC(F)(F)F)c3ncc(-c4ccc(C(N)=O)c(C)c4C4CC4)n3n2)cc1F. The van der Waals surface area contributed by atoms with Crippen LogP contribution in [0.3, 0.4) is 0 Å². The molecule has 12 heteroatoms. The molecule has 1 unspecified atom stereocenters. The summed E-state index contributed by atoms with van der Waals surface area (Å²) in [6.45, 7) is 1.39. The Labute approximate surface area is 226 Å². The number of nitrogens with zero attached hydrogens (tertiary/aromatic N) is 3. The third kappa shape index (κ3) is 5.31. The van der Waals surface area contributed by atoms with E-state index >= 15 is 0 Å². The lowest BCUT2D eigenvalue weighted by Gasteiger charge is -2.17. The van der Waals surface area contributed by atoms with E-state index in [4.69, 9.17) is 10.5 Å². The van der Waals surface area contributed by atoms with Crippen LogP contribution in [0.2, 0.25) is 0 Å². The molecular formula is C28H27F4N5O3. The summed E-state index contributed by atoms with van der Waals surface area (Å²) in [6.07, 6.45) is -3.47. The van der Waals surface area contributed by atoms with Crippen LogP contribution >= 0.6 is 0 Å². The fourth-order valence-corrected chi connectivity index (χ4v) is 4.91. The number of aliphatic hydroxyl groups is 1. The number of benzene rings is 2. The predicted octanol–water partition coefficient (Wildman–Crippen LogP) is 5.27. The Hall–Kier alpha value is -4.19. The molecule has 4 N–H and O–H groups in total. The fraction of sp³-hybridized carbons (Fsp3) is 0.321. The van der Waals surface area contributed by atoms with Crippen LogP contribution in [-0.4, -0.2) is 45.4 Å². The average Bonchev–Trinajstić information content (AvgIpc) is 3.64. The maximum Gasteiger partial charge on any atom is 0.390 e. The minimum absolute atomic E-state index is 0.00635. The molecule has 1 amide bonds. The van der Waals surface area contributed by atoms with Gasteiger partial charge in [-0.25, -0.2) is 13.9 Å². The van der Waals surface area contributed by atoms with Gasteiger partial charge in [-0.3, -0.25) is 4.79 Å². The van der Waals surface area contributed by atoms with Gasteiger partial charge in [0.25, 0.3) is 0 Å². The number of carbonyl (C=O) groups excluding carboxylic acids is 1. The Bertz CT molecular complexity index is 1600. The van der Waals surface area contributed by atoms with Crippen molar-refractivity contribution in [2.75, 3.05) is 19.0 Å². The molecule has 0 radical (unpaired) electrons. The predicted molar refractivity (Wildman–Crippen MR) is 140 cm³/mol. The topological polar surface area (TPSA) is 115 Å².